The summed E-state index contributed by atoms with van der Waals surface area (Å²) in [6, 6.07) is 9.52. The van der Waals surface area contributed by atoms with Crippen LogP contribution in [0.3, 0.4) is 0 Å². The predicted molar refractivity (Wildman–Crippen MR) is 68.1 cm³/mol. The van der Waals surface area contributed by atoms with Gasteiger partial charge in [-0.05, 0) is 44.2 Å². The number of benzene rings is 1. The maximum absolute atomic E-state index is 5.67. The van der Waals surface area contributed by atoms with Crippen molar-refractivity contribution >= 4 is 6.21 Å². The van der Waals surface area contributed by atoms with E-state index < -0.39 is 0 Å². The van der Waals surface area contributed by atoms with Crippen molar-refractivity contribution in [3.63, 3.8) is 0 Å². The van der Waals surface area contributed by atoms with Crippen LogP contribution >= 0.6 is 0 Å². The van der Waals surface area contributed by atoms with Gasteiger partial charge in [0.25, 0.3) is 0 Å². The summed E-state index contributed by atoms with van der Waals surface area (Å²) in [7, 11) is 0. The third kappa shape index (κ3) is 4.57. The highest BCUT2D eigenvalue weighted by molar-refractivity contribution is 5.57. The molecule has 91 valence electrons. The summed E-state index contributed by atoms with van der Waals surface area (Å²) >= 11 is 0. The Kier molecular flexibility index (Phi) is 5.04. The second kappa shape index (κ2) is 7.07. The second-order valence-corrected chi connectivity index (χ2v) is 4.09. The van der Waals surface area contributed by atoms with Gasteiger partial charge in [0.1, 0.15) is 0 Å². The highest BCUT2D eigenvalue weighted by atomic mass is 16.6. The zero-order valence-corrected chi connectivity index (χ0v) is 9.92. The molecule has 1 aromatic carbocycles. The van der Waals surface area contributed by atoms with E-state index in [0.717, 1.165) is 18.6 Å². The van der Waals surface area contributed by atoms with Crippen LogP contribution in [0.1, 0.15) is 25.7 Å². The minimum atomic E-state index is 0.392. The van der Waals surface area contributed by atoms with Gasteiger partial charge in [0, 0.05) is 0 Å². The standard InChI is InChI=1S/C14H18NO2/c1-3-7-13(8-4-1)16-12-11-15-17-14-9-5-2-6-10-14/h1-2,5-6,9-11,13H,3-4,7-8,12H2/b15-11+. The largest absolute Gasteiger partial charge is 0.372 e. The fourth-order valence-electron chi connectivity index (χ4n) is 1.85. The molecule has 17 heavy (non-hydrogen) atoms. The molecule has 2 rings (SSSR count). The monoisotopic (exact) mass is 232 g/mol. The van der Waals surface area contributed by atoms with Crippen molar-refractivity contribution in [3.05, 3.63) is 36.8 Å². The van der Waals surface area contributed by atoms with E-state index in [0.29, 0.717) is 12.7 Å². The number of ether oxygens (including phenoxy) is 1. The molecule has 0 amide bonds. The summed E-state index contributed by atoms with van der Waals surface area (Å²) in [5.74, 6) is 0.746. The van der Waals surface area contributed by atoms with Crippen molar-refractivity contribution in [3.8, 4) is 5.75 Å². The molecule has 3 nitrogen and oxygen atoms in total. The van der Waals surface area contributed by atoms with Crippen LogP contribution in [-0.4, -0.2) is 18.9 Å². The summed E-state index contributed by atoms with van der Waals surface area (Å²) < 4.78 is 5.67. The molecule has 0 bridgehead atoms. The average Bonchev–Trinajstić information content (AvgIpc) is 2.41. The Balaban J connectivity index is 1.61. The molecular weight excluding hydrogens is 214 g/mol. The van der Waals surface area contributed by atoms with E-state index in [9.17, 15) is 0 Å². The fraction of sp³-hybridized carbons (Fsp3) is 0.429. The zero-order chi connectivity index (χ0) is 11.8. The van der Waals surface area contributed by atoms with Crippen molar-refractivity contribution in [1.29, 1.82) is 0 Å². The van der Waals surface area contributed by atoms with Crippen molar-refractivity contribution < 1.29 is 9.57 Å². The van der Waals surface area contributed by atoms with Gasteiger partial charge >= 0.3 is 0 Å². The Morgan fingerprint density at radius 3 is 2.71 bits per heavy atom. The van der Waals surface area contributed by atoms with Gasteiger partial charge < -0.3 is 9.57 Å². The maximum Gasteiger partial charge on any atom is 0.157 e. The number of rotatable bonds is 5. The van der Waals surface area contributed by atoms with Crippen LogP contribution in [0.5, 0.6) is 5.75 Å². The molecule has 0 N–H and O–H groups in total. The van der Waals surface area contributed by atoms with Crippen LogP contribution in [0.2, 0.25) is 0 Å². The third-order valence-corrected chi connectivity index (χ3v) is 2.77. The minimum absolute atomic E-state index is 0.392. The molecule has 1 radical (unpaired) electrons. The molecule has 3 heteroatoms. The molecule has 0 aromatic heterocycles. The van der Waals surface area contributed by atoms with Gasteiger partial charge in [-0.3, -0.25) is 0 Å². The van der Waals surface area contributed by atoms with Crippen LogP contribution in [0, 0.1) is 6.42 Å². The lowest BCUT2D eigenvalue weighted by molar-refractivity contribution is 0.0613. The number of hydrogen-bond acceptors (Lipinski definition) is 3. The molecule has 0 spiro atoms. The smallest absolute Gasteiger partial charge is 0.157 e. The van der Waals surface area contributed by atoms with Crippen molar-refractivity contribution in [1.82, 2.24) is 0 Å². The highest BCUT2D eigenvalue weighted by Crippen LogP contribution is 2.18. The molecule has 1 aliphatic rings. The molecule has 0 saturated heterocycles. The topological polar surface area (TPSA) is 30.8 Å². The second-order valence-electron chi connectivity index (χ2n) is 4.09. The lowest BCUT2D eigenvalue weighted by Gasteiger charge is -2.20. The van der Waals surface area contributed by atoms with E-state index in [4.69, 9.17) is 9.57 Å². The van der Waals surface area contributed by atoms with E-state index in [2.05, 4.69) is 11.6 Å². The zero-order valence-electron chi connectivity index (χ0n) is 9.92. The number of oxime groups is 1. The lowest BCUT2D eigenvalue weighted by atomic mass is 9.98. The Bertz CT molecular complexity index is 331. The van der Waals surface area contributed by atoms with Gasteiger partial charge in [-0.25, -0.2) is 0 Å². The van der Waals surface area contributed by atoms with Gasteiger partial charge in [-0.1, -0.05) is 23.4 Å². The van der Waals surface area contributed by atoms with Crippen LogP contribution in [-0.2, 0) is 4.74 Å². The Hall–Kier alpha value is -1.35. The summed E-state index contributed by atoms with van der Waals surface area (Å²) in [5, 5.41) is 3.87. The molecule has 0 atom stereocenters. The first-order valence-corrected chi connectivity index (χ1v) is 6.12. The van der Waals surface area contributed by atoms with Crippen molar-refractivity contribution in [2.45, 2.75) is 31.8 Å². The molecule has 1 fully saturated rings. The first-order chi connectivity index (χ1) is 8.45. The Morgan fingerprint density at radius 2 is 1.94 bits per heavy atom. The van der Waals surface area contributed by atoms with Gasteiger partial charge in [-0.2, -0.15) is 0 Å². The molecular formula is C14H18NO2. The third-order valence-electron chi connectivity index (χ3n) is 2.77. The van der Waals surface area contributed by atoms with Crippen LogP contribution in [0.4, 0.5) is 0 Å². The van der Waals surface area contributed by atoms with Gasteiger partial charge in [-0.15, -0.1) is 0 Å². The molecule has 1 saturated carbocycles. The van der Waals surface area contributed by atoms with E-state index >= 15 is 0 Å². The minimum Gasteiger partial charge on any atom is -0.372 e. The average molecular weight is 232 g/mol. The van der Waals surface area contributed by atoms with Crippen LogP contribution in [0.25, 0.3) is 0 Å². The van der Waals surface area contributed by atoms with E-state index in [-0.39, 0.29) is 0 Å². The summed E-state index contributed by atoms with van der Waals surface area (Å²) in [4.78, 5) is 5.18. The quantitative estimate of drug-likeness (QED) is 0.576. The molecule has 0 aliphatic heterocycles. The Labute approximate surface area is 102 Å². The predicted octanol–water partition coefficient (Wildman–Crippen LogP) is 3.21. The first kappa shape index (κ1) is 12.1. The highest BCUT2D eigenvalue weighted by Gasteiger charge is 2.12. The molecule has 1 aromatic rings. The van der Waals surface area contributed by atoms with E-state index in [1.807, 2.05) is 30.3 Å². The number of hydrogen-bond donors (Lipinski definition) is 0. The van der Waals surface area contributed by atoms with Crippen molar-refractivity contribution in [2.75, 3.05) is 6.61 Å². The van der Waals surface area contributed by atoms with Crippen LogP contribution < -0.4 is 4.84 Å². The fourth-order valence-corrected chi connectivity index (χ4v) is 1.85. The first-order valence-electron chi connectivity index (χ1n) is 6.12. The summed E-state index contributed by atoms with van der Waals surface area (Å²) in [5.41, 5.74) is 0. The molecule has 0 heterocycles. The lowest BCUT2D eigenvalue weighted by Crippen LogP contribution is -2.17. The normalized spacial score (nSPS) is 17.4. The van der Waals surface area contributed by atoms with Gasteiger partial charge in [0.2, 0.25) is 0 Å². The number of para-hydroxylation sites is 1. The van der Waals surface area contributed by atoms with Gasteiger partial charge in [0.05, 0.1) is 18.9 Å². The van der Waals surface area contributed by atoms with Crippen molar-refractivity contribution in [2.24, 2.45) is 5.16 Å². The summed E-state index contributed by atoms with van der Waals surface area (Å²) in [6.45, 7) is 0.525. The van der Waals surface area contributed by atoms with E-state index in [1.54, 1.807) is 6.21 Å². The van der Waals surface area contributed by atoms with Crippen LogP contribution in [0.15, 0.2) is 35.5 Å². The van der Waals surface area contributed by atoms with Gasteiger partial charge in [0.15, 0.2) is 5.75 Å². The SMILES string of the molecule is [CH]1CCC(OC/C=N/Oc2ccccc2)CC1. The molecule has 1 aliphatic carbocycles. The Morgan fingerprint density at radius 1 is 1.18 bits per heavy atom. The van der Waals surface area contributed by atoms with E-state index in [1.165, 1.54) is 12.8 Å². The number of nitrogens with zero attached hydrogens (tertiary/aromatic N) is 1. The molecule has 0 unspecified atom stereocenters. The maximum atomic E-state index is 5.67. The summed E-state index contributed by atoms with van der Waals surface area (Å²) in [6.07, 6.45) is 8.99.